The molecule has 5 rings (SSSR count). The third-order valence-electron chi connectivity index (χ3n) is 5.05. The molecule has 0 amide bonds. The first kappa shape index (κ1) is 17.3. The van der Waals surface area contributed by atoms with E-state index >= 15 is 0 Å². The molecule has 0 spiro atoms. The fourth-order valence-electron chi connectivity index (χ4n) is 3.73. The lowest BCUT2D eigenvalue weighted by atomic mass is 9.96. The van der Waals surface area contributed by atoms with Crippen LogP contribution >= 0.6 is 0 Å². The van der Waals surface area contributed by atoms with Crippen LogP contribution in [0.15, 0.2) is 72.8 Å². The fourth-order valence-corrected chi connectivity index (χ4v) is 3.73. The van der Waals surface area contributed by atoms with Crippen LogP contribution in [0, 0.1) is 6.92 Å². The van der Waals surface area contributed by atoms with Crippen molar-refractivity contribution >= 4 is 38.8 Å². The third-order valence-corrected chi connectivity index (χ3v) is 5.05. The Morgan fingerprint density at radius 1 is 0.759 bits per heavy atom. The molecule has 0 radical (unpaired) electrons. The van der Waals surface area contributed by atoms with E-state index in [9.17, 15) is 4.79 Å². The number of aromatic nitrogens is 2. The van der Waals surface area contributed by atoms with Crippen molar-refractivity contribution in [2.45, 2.75) is 13.8 Å². The van der Waals surface area contributed by atoms with Crippen LogP contribution in [-0.2, 0) is 4.79 Å². The predicted octanol–water partition coefficient (Wildman–Crippen LogP) is 5.84. The van der Waals surface area contributed by atoms with Gasteiger partial charge in [0.25, 0.3) is 0 Å². The van der Waals surface area contributed by atoms with Gasteiger partial charge in [0.05, 0.1) is 22.1 Å². The van der Waals surface area contributed by atoms with Crippen molar-refractivity contribution in [3.8, 4) is 16.9 Å². The number of rotatable bonds is 2. The van der Waals surface area contributed by atoms with Crippen LogP contribution < -0.4 is 4.74 Å². The first-order valence-corrected chi connectivity index (χ1v) is 9.48. The van der Waals surface area contributed by atoms with Crippen LogP contribution in [0.1, 0.15) is 12.5 Å². The molecule has 4 heteroatoms. The van der Waals surface area contributed by atoms with Gasteiger partial charge in [-0.3, -0.25) is 4.79 Å². The molecule has 140 valence electrons. The molecule has 4 nitrogen and oxygen atoms in total. The number of fused-ring (bicyclic) bond motifs is 4. The number of nitrogens with zero attached hydrogens (tertiary/aromatic N) is 2. The van der Waals surface area contributed by atoms with Gasteiger partial charge in [-0.2, -0.15) is 0 Å². The number of hydrogen-bond donors (Lipinski definition) is 0. The van der Waals surface area contributed by atoms with Gasteiger partial charge in [0.1, 0.15) is 11.3 Å². The second-order valence-corrected chi connectivity index (χ2v) is 7.12. The standard InChI is InChI=1S/C25H18N2O2/c1-15-11-13-17(14-12-15)22-24-23(26-20-9-5-6-10-21(20)27-24)18-7-3-4-8-19(18)25(22)29-16(2)28/h3-14H,1-2H3. The molecule has 0 saturated heterocycles. The minimum Gasteiger partial charge on any atom is -0.425 e. The maximum Gasteiger partial charge on any atom is 0.308 e. The number of carbonyl (C=O) groups is 1. The normalized spacial score (nSPS) is 11.2. The summed E-state index contributed by atoms with van der Waals surface area (Å²) in [6.45, 7) is 3.46. The lowest BCUT2D eigenvalue weighted by Crippen LogP contribution is -2.05. The van der Waals surface area contributed by atoms with E-state index < -0.39 is 0 Å². The highest BCUT2D eigenvalue weighted by Crippen LogP contribution is 2.43. The maximum atomic E-state index is 12.0. The molecule has 0 aliphatic heterocycles. The van der Waals surface area contributed by atoms with Crippen molar-refractivity contribution in [2.24, 2.45) is 0 Å². The first-order chi connectivity index (χ1) is 14.1. The summed E-state index contributed by atoms with van der Waals surface area (Å²) in [5.74, 6) is 0.158. The Balaban J connectivity index is 2.02. The average Bonchev–Trinajstić information content (AvgIpc) is 2.73. The lowest BCUT2D eigenvalue weighted by Gasteiger charge is -2.16. The summed E-state index contributed by atoms with van der Waals surface area (Å²) in [5.41, 5.74) is 6.04. The third kappa shape index (κ3) is 2.90. The Hall–Kier alpha value is -3.79. The van der Waals surface area contributed by atoms with E-state index in [4.69, 9.17) is 14.7 Å². The van der Waals surface area contributed by atoms with E-state index in [0.29, 0.717) is 5.75 Å². The van der Waals surface area contributed by atoms with Crippen molar-refractivity contribution in [1.82, 2.24) is 9.97 Å². The Bertz CT molecular complexity index is 1410. The van der Waals surface area contributed by atoms with Crippen LogP contribution in [0.3, 0.4) is 0 Å². The summed E-state index contributed by atoms with van der Waals surface area (Å²) in [5, 5.41) is 1.75. The maximum absolute atomic E-state index is 12.0. The molecule has 0 saturated carbocycles. The van der Waals surface area contributed by atoms with Crippen LogP contribution in [0.2, 0.25) is 0 Å². The zero-order valence-corrected chi connectivity index (χ0v) is 16.1. The van der Waals surface area contributed by atoms with Crippen LogP contribution in [-0.4, -0.2) is 15.9 Å². The molecular weight excluding hydrogens is 360 g/mol. The van der Waals surface area contributed by atoms with Gasteiger partial charge in [-0.1, -0.05) is 66.2 Å². The van der Waals surface area contributed by atoms with Gasteiger partial charge in [-0.15, -0.1) is 0 Å². The molecule has 0 fully saturated rings. The molecule has 0 unspecified atom stereocenters. The SMILES string of the molecule is CC(=O)Oc1c(-c2ccc(C)cc2)c2nc3ccccc3nc2c2ccccc12. The quantitative estimate of drug-likeness (QED) is 0.168. The molecule has 0 bridgehead atoms. The van der Waals surface area contributed by atoms with Gasteiger partial charge in [-0.25, -0.2) is 9.97 Å². The average molecular weight is 378 g/mol. The molecular formula is C25H18N2O2. The second kappa shape index (κ2) is 6.67. The molecule has 1 heterocycles. The van der Waals surface area contributed by atoms with E-state index in [-0.39, 0.29) is 5.97 Å². The second-order valence-electron chi connectivity index (χ2n) is 7.12. The molecule has 4 aromatic carbocycles. The van der Waals surface area contributed by atoms with E-state index in [0.717, 1.165) is 49.5 Å². The van der Waals surface area contributed by atoms with Gasteiger partial charge in [-0.05, 0) is 24.6 Å². The number of para-hydroxylation sites is 2. The van der Waals surface area contributed by atoms with Crippen LogP contribution in [0.25, 0.3) is 44.0 Å². The molecule has 1 aromatic heterocycles. The van der Waals surface area contributed by atoms with E-state index in [1.54, 1.807) is 0 Å². The van der Waals surface area contributed by atoms with Crippen molar-refractivity contribution < 1.29 is 9.53 Å². The minimum atomic E-state index is -0.364. The summed E-state index contributed by atoms with van der Waals surface area (Å²) in [7, 11) is 0. The summed E-state index contributed by atoms with van der Waals surface area (Å²) in [6, 6.07) is 23.8. The predicted molar refractivity (Wildman–Crippen MR) is 116 cm³/mol. The number of carbonyl (C=O) groups excluding carboxylic acids is 1. The van der Waals surface area contributed by atoms with Crippen molar-refractivity contribution in [3.05, 3.63) is 78.4 Å². The van der Waals surface area contributed by atoms with Gasteiger partial charge < -0.3 is 4.74 Å². The van der Waals surface area contributed by atoms with Gasteiger partial charge in [0.15, 0.2) is 0 Å². The summed E-state index contributed by atoms with van der Waals surface area (Å²) < 4.78 is 5.76. The molecule has 0 N–H and O–H groups in total. The lowest BCUT2D eigenvalue weighted by molar-refractivity contribution is -0.131. The molecule has 29 heavy (non-hydrogen) atoms. The van der Waals surface area contributed by atoms with Crippen molar-refractivity contribution in [3.63, 3.8) is 0 Å². The summed E-state index contributed by atoms with van der Waals surface area (Å²) in [4.78, 5) is 21.9. The first-order valence-electron chi connectivity index (χ1n) is 9.48. The molecule has 0 aliphatic rings. The van der Waals surface area contributed by atoms with Crippen molar-refractivity contribution in [1.29, 1.82) is 0 Å². The van der Waals surface area contributed by atoms with Crippen LogP contribution in [0.5, 0.6) is 5.75 Å². The smallest absolute Gasteiger partial charge is 0.308 e. The Kier molecular flexibility index (Phi) is 3.98. The fraction of sp³-hybridized carbons (Fsp3) is 0.0800. The number of hydrogen-bond acceptors (Lipinski definition) is 4. The number of esters is 1. The Morgan fingerprint density at radius 2 is 1.34 bits per heavy atom. The van der Waals surface area contributed by atoms with Gasteiger partial charge in [0, 0.05) is 17.7 Å². The van der Waals surface area contributed by atoms with E-state index in [2.05, 4.69) is 0 Å². The largest absolute Gasteiger partial charge is 0.425 e. The van der Waals surface area contributed by atoms with E-state index in [1.165, 1.54) is 6.92 Å². The van der Waals surface area contributed by atoms with E-state index in [1.807, 2.05) is 79.7 Å². The Morgan fingerprint density at radius 3 is 2.00 bits per heavy atom. The monoisotopic (exact) mass is 378 g/mol. The Labute approximate surface area is 167 Å². The van der Waals surface area contributed by atoms with Gasteiger partial charge in [0.2, 0.25) is 0 Å². The highest BCUT2D eigenvalue weighted by molar-refractivity contribution is 6.16. The van der Waals surface area contributed by atoms with Gasteiger partial charge >= 0.3 is 5.97 Å². The topological polar surface area (TPSA) is 52.1 Å². The zero-order chi connectivity index (χ0) is 20.0. The summed E-state index contributed by atoms with van der Waals surface area (Å²) >= 11 is 0. The number of benzene rings is 4. The molecule has 0 atom stereocenters. The highest BCUT2D eigenvalue weighted by atomic mass is 16.5. The minimum absolute atomic E-state index is 0.364. The molecule has 5 aromatic rings. The highest BCUT2D eigenvalue weighted by Gasteiger charge is 2.21. The number of ether oxygens (including phenoxy) is 1. The van der Waals surface area contributed by atoms with Crippen LogP contribution in [0.4, 0.5) is 0 Å². The summed E-state index contributed by atoms with van der Waals surface area (Å²) in [6.07, 6.45) is 0. The van der Waals surface area contributed by atoms with Crippen molar-refractivity contribution in [2.75, 3.05) is 0 Å². The number of aryl methyl sites for hydroxylation is 1. The molecule has 0 aliphatic carbocycles. The zero-order valence-electron chi connectivity index (χ0n) is 16.1.